The van der Waals surface area contributed by atoms with Crippen molar-refractivity contribution >= 4 is 11.9 Å². The molecule has 2 fully saturated rings. The first-order valence-corrected chi connectivity index (χ1v) is 9.30. The lowest BCUT2D eigenvalue weighted by molar-refractivity contribution is -0.125. The molecule has 1 aromatic heterocycles. The molecule has 1 atom stereocenters. The summed E-state index contributed by atoms with van der Waals surface area (Å²) in [6, 6.07) is 0.0839. The Morgan fingerprint density at radius 1 is 1.17 bits per heavy atom. The monoisotopic (exact) mass is 330 g/mol. The third-order valence-corrected chi connectivity index (χ3v) is 5.51. The molecular weight excluding hydrogens is 304 g/mol. The zero-order valence-electron chi connectivity index (χ0n) is 14.2. The highest BCUT2D eigenvalue weighted by Gasteiger charge is 2.29. The third kappa shape index (κ3) is 3.24. The fraction of sp³-hybridized carbons (Fsp3) is 0.722. The normalized spacial score (nSPS) is 24.7. The summed E-state index contributed by atoms with van der Waals surface area (Å²) < 4.78 is 5.40. The van der Waals surface area contributed by atoms with E-state index in [4.69, 9.17) is 9.72 Å². The Bertz CT molecular complexity index is 595. The number of ether oxygens (including phenoxy) is 1. The number of aromatic nitrogens is 2. The number of hydrogen-bond donors (Lipinski definition) is 1. The van der Waals surface area contributed by atoms with Crippen LogP contribution in [0.25, 0.3) is 0 Å². The topological polar surface area (TPSA) is 67.4 Å². The lowest BCUT2D eigenvalue weighted by Crippen LogP contribution is -2.38. The summed E-state index contributed by atoms with van der Waals surface area (Å²) in [6.07, 6.45) is 9.43. The molecule has 2 heterocycles. The summed E-state index contributed by atoms with van der Waals surface area (Å²) in [4.78, 5) is 24.0. The van der Waals surface area contributed by atoms with Crippen LogP contribution in [-0.4, -0.2) is 42.2 Å². The van der Waals surface area contributed by atoms with Crippen LogP contribution in [0.2, 0.25) is 0 Å². The number of fused-ring (bicyclic) bond motifs is 1. The van der Waals surface area contributed by atoms with Gasteiger partial charge in [-0.25, -0.2) is 9.97 Å². The van der Waals surface area contributed by atoms with Crippen LogP contribution in [0.5, 0.6) is 0 Å². The number of rotatable bonds is 3. The zero-order chi connectivity index (χ0) is 16.4. The van der Waals surface area contributed by atoms with Crippen molar-refractivity contribution in [2.75, 3.05) is 31.2 Å². The maximum Gasteiger partial charge on any atom is 0.225 e. The summed E-state index contributed by atoms with van der Waals surface area (Å²) in [6.45, 7) is 3.17. The number of aryl methyl sites for hydroxylation is 1. The van der Waals surface area contributed by atoms with Gasteiger partial charge in [0.25, 0.3) is 0 Å². The van der Waals surface area contributed by atoms with Crippen molar-refractivity contribution in [3.8, 4) is 0 Å². The molecule has 2 aliphatic carbocycles. The highest BCUT2D eigenvalue weighted by atomic mass is 16.5. The van der Waals surface area contributed by atoms with E-state index in [1.54, 1.807) is 0 Å². The van der Waals surface area contributed by atoms with Crippen LogP contribution in [0.1, 0.15) is 55.8 Å². The predicted octanol–water partition coefficient (Wildman–Crippen LogP) is 2.00. The minimum Gasteiger partial charge on any atom is -0.378 e. The minimum absolute atomic E-state index is 0.0839. The molecule has 1 amide bonds. The molecule has 3 aliphatic rings. The fourth-order valence-electron chi connectivity index (χ4n) is 4.08. The highest BCUT2D eigenvalue weighted by molar-refractivity contribution is 5.79. The second kappa shape index (κ2) is 7.05. The maximum absolute atomic E-state index is 12.5. The third-order valence-electron chi connectivity index (χ3n) is 5.51. The Hall–Kier alpha value is -1.69. The molecule has 0 bridgehead atoms. The molecule has 6 heteroatoms. The Morgan fingerprint density at radius 3 is 2.75 bits per heavy atom. The number of carbonyl (C=O) groups is 1. The van der Waals surface area contributed by atoms with Crippen LogP contribution in [0.3, 0.4) is 0 Å². The van der Waals surface area contributed by atoms with Crippen LogP contribution in [0.4, 0.5) is 5.95 Å². The van der Waals surface area contributed by atoms with Crippen molar-refractivity contribution in [1.29, 1.82) is 0 Å². The molecule has 130 valence electrons. The van der Waals surface area contributed by atoms with Gasteiger partial charge in [-0.1, -0.05) is 12.8 Å². The van der Waals surface area contributed by atoms with Crippen molar-refractivity contribution in [1.82, 2.24) is 15.3 Å². The molecule has 1 aliphatic heterocycles. The molecule has 0 unspecified atom stereocenters. The van der Waals surface area contributed by atoms with Gasteiger partial charge < -0.3 is 15.0 Å². The van der Waals surface area contributed by atoms with E-state index < -0.39 is 0 Å². The van der Waals surface area contributed by atoms with E-state index in [0.29, 0.717) is 0 Å². The van der Waals surface area contributed by atoms with Gasteiger partial charge in [0.05, 0.1) is 24.9 Å². The Morgan fingerprint density at radius 2 is 1.96 bits per heavy atom. The molecule has 6 nitrogen and oxygen atoms in total. The second-order valence-electron chi connectivity index (χ2n) is 7.11. The van der Waals surface area contributed by atoms with Gasteiger partial charge in [-0.3, -0.25) is 4.79 Å². The lowest BCUT2D eigenvalue weighted by atomic mass is 9.91. The first kappa shape index (κ1) is 15.8. The first-order chi connectivity index (χ1) is 11.8. The van der Waals surface area contributed by atoms with Gasteiger partial charge in [0, 0.05) is 30.8 Å². The number of hydrogen-bond acceptors (Lipinski definition) is 5. The number of morpholine rings is 1. The molecule has 1 saturated carbocycles. The average Bonchev–Trinajstić information content (AvgIpc) is 3.17. The highest BCUT2D eigenvalue weighted by Crippen LogP contribution is 2.31. The minimum atomic E-state index is 0.0839. The van der Waals surface area contributed by atoms with Gasteiger partial charge in [-0.2, -0.15) is 0 Å². The number of amides is 1. The quantitative estimate of drug-likeness (QED) is 0.918. The Labute approximate surface area is 143 Å². The molecule has 0 aromatic carbocycles. The molecule has 4 rings (SSSR count). The number of carbonyl (C=O) groups excluding carboxylic acids is 1. The van der Waals surface area contributed by atoms with Crippen LogP contribution >= 0.6 is 0 Å². The van der Waals surface area contributed by atoms with Gasteiger partial charge in [0.2, 0.25) is 11.9 Å². The van der Waals surface area contributed by atoms with Gasteiger partial charge >= 0.3 is 0 Å². The Balaban J connectivity index is 1.48. The average molecular weight is 330 g/mol. The van der Waals surface area contributed by atoms with Gasteiger partial charge in [0.1, 0.15) is 0 Å². The molecular formula is C18H26N4O2. The number of nitrogens with one attached hydrogen (secondary N) is 1. The van der Waals surface area contributed by atoms with Crippen molar-refractivity contribution in [2.24, 2.45) is 5.92 Å². The predicted molar refractivity (Wildman–Crippen MR) is 90.8 cm³/mol. The number of anilines is 1. The van der Waals surface area contributed by atoms with Gasteiger partial charge in [-0.15, -0.1) is 0 Å². The standard InChI is InChI=1S/C18H26N4O2/c23-17(13-4-1-2-5-13)20-15-6-3-7-16-14(15)12-19-18(21-16)22-8-10-24-11-9-22/h12-13,15H,1-11H2,(H,20,23)/t15-/m1/s1. The molecule has 24 heavy (non-hydrogen) atoms. The summed E-state index contributed by atoms with van der Waals surface area (Å²) in [5, 5.41) is 3.26. The fourth-order valence-corrected chi connectivity index (χ4v) is 4.08. The van der Waals surface area contributed by atoms with Crippen molar-refractivity contribution in [2.45, 2.75) is 51.0 Å². The van der Waals surface area contributed by atoms with Crippen molar-refractivity contribution in [3.63, 3.8) is 0 Å². The first-order valence-electron chi connectivity index (χ1n) is 9.30. The molecule has 1 N–H and O–H groups in total. The van der Waals surface area contributed by atoms with Crippen molar-refractivity contribution in [3.05, 3.63) is 17.5 Å². The second-order valence-corrected chi connectivity index (χ2v) is 7.11. The van der Waals surface area contributed by atoms with E-state index in [9.17, 15) is 4.79 Å². The summed E-state index contributed by atoms with van der Waals surface area (Å²) in [5.74, 6) is 1.24. The van der Waals surface area contributed by atoms with Crippen LogP contribution in [0, 0.1) is 5.92 Å². The summed E-state index contributed by atoms with van der Waals surface area (Å²) in [5.41, 5.74) is 2.22. The smallest absolute Gasteiger partial charge is 0.225 e. The SMILES string of the molecule is O=C(N[C@@H]1CCCc2nc(N3CCOCC3)ncc21)C1CCCC1. The van der Waals surface area contributed by atoms with Crippen LogP contribution < -0.4 is 10.2 Å². The van der Waals surface area contributed by atoms with Crippen LogP contribution in [0.15, 0.2) is 6.20 Å². The van der Waals surface area contributed by atoms with Gasteiger partial charge in [0.15, 0.2) is 0 Å². The molecule has 0 radical (unpaired) electrons. The van der Waals surface area contributed by atoms with E-state index in [1.807, 2.05) is 6.20 Å². The largest absolute Gasteiger partial charge is 0.378 e. The van der Waals surface area contributed by atoms with E-state index >= 15 is 0 Å². The lowest BCUT2D eigenvalue weighted by Gasteiger charge is -2.30. The molecule has 0 spiro atoms. The van der Waals surface area contributed by atoms with E-state index in [-0.39, 0.29) is 17.9 Å². The zero-order valence-corrected chi connectivity index (χ0v) is 14.2. The van der Waals surface area contributed by atoms with Crippen molar-refractivity contribution < 1.29 is 9.53 Å². The van der Waals surface area contributed by atoms with Crippen LogP contribution in [-0.2, 0) is 16.0 Å². The van der Waals surface area contributed by atoms with E-state index in [2.05, 4.69) is 15.2 Å². The summed E-state index contributed by atoms with van der Waals surface area (Å²) in [7, 11) is 0. The summed E-state index contributed by atoms with van der Waals surface area (Å²) >= 11 is 0. The number of nitrogens with zero attached hydrogens (tertiary/aromatic N) is 3. The van der Waals surface area contributed by atoms with E-state index in [1.165, 1.54) is 12.8 Å². The van der Waals surface area contributed by atoms with E-state index in [0.717, 1.165) is 75.6 Å². The van der Waals surface area contributed by atoms with Gasteiger partial charge in [-0.05, 0) is 32.1 Å². The molecule has 1 aromatic rings. The Kier molecular flexibility index (Phi) is 4.65. The molecule has 1 saturated heterocycles. The maximum atomic E-state index is 12.5.